The maximum atomic E-state index is 13.8. The monoisotopic (exact) mass is 326 g/mol. The number of fused-ring (bicyclic) bond motifs is 2. The molecule has 4 heterocycles. The number of nitrogens with one attached hydrogen (secondary N) is 1. The molecule has 1 aliphatic heterocycles. The van der Waals surface area contributed by atoms with Gasteiger partial charge in [0.15, 0.2) is 0 Å². The molecule has 3 aromatic rings. The van der Waals surface area contributed by atoms with Crippen molar-refractivity contribution in [2.24, 2.45) is 11.8 Å². The lowest BCUT2D eigenvalue weighted by atomic mass is 10.1. The molecule has 124 valence electrons. The van der Waals surface area contributed by atoms with Crippen molar-refractivity contribution in [3.8, 4) is 11.3 Å². The van der Waals surface area contributed by atoms with E-state index in [1.807, 2.05) is 6.07 Å². The van der Waals surface area contributed by atoms with E-state index in [0.29, 0.717) is 28.8 Å². The zero-order valence-corrected chi connectivity index (χ0v) is 13.7. The van der Waals surface area contributed by atoms with E-state index < -0.39 is 0 Å². The Bertz CT molecular complexity index is 918. The second-order valence-corrected chi connectivity index (χ2v) is 7.14. The second-order valence-electron chi connectivity index (χ2n) is 7.14. The first-order valence-electron chi connectivity index (χ1n) is 8.43. The van der Waals surface area contributed by atoms with Gasteiger partial charge in [-0.3, -0.25) is 4.68 Å². The smallest absolute Gasteiger partial charge is 0.150 e. The molecule has 3 aromatic heterocycles. The largest absolute Gasteiger partial charge is 0.381 e. The van der Waals surface area contributed by atoms with Crippen LogP contribution < -0.4 is 0 Å². The third-order valence-electron chi connectivity index (χ3n) is 5.32. The Morgan fingerprint density at radius 2 is 2.08 bits per heavy atom. The van der Waals surface area contributed by atoms with Gasteiger partial charge in [-0.05, 0) is 37.8 Å². The molecule has 6 heteroatoms. The van der Waals surface area contributed by atoms with Gasteiger partial charge in [-0.1, -0.05) is 0 Å². The van der Waals surface area contributed by atoms with Crippen molar-refractivity contribution >= 4 is 11.0 Å². The quantitative estimate of drug-likeness (QED) is 0.801. The van der Waals surface area contributed by atoms with Crippen molar-refractivity contribution in [2.75, 3.05) is 13.2 Å². The number of hydrogen-bond acceptors (Lipinski definition) is 3. The zero-order chi connectivity index (χ0) is 16.4. The van der Waals surface area contributed by atoms with E-state index in [-0.39, 0.29) is 11.9 Å². The van der Waals surface area contributed by atoms with Crippen LogP contribution in [0.4, 0.5) is 4.39 Å². The third-order valence-corrected chi connectivity index (χ3v) is 5.32. The van der Waals surface area contributed by atoms with E-state index in [0.717, 1.165) is 24.5 Å². The number of halogens is 1. The molecule has 1 N–H and O–H groups in total. The lowest BCUT2D eigenvalue weighted by molar-refractivity contribution is 0.159. The predicted octanol–water partition coefficient (Wildman–Crippen LogP) is 3.51. The Morgan fingerprint density at radius 1 is 1.29 bits per heavy atom. The lowest BCUT2D eigenvalue weighted by Crippen LogP contribution is -2.09. The molecule has 0 bridgehead atoms. The molecule has 5 rings (SSSR count). The van der Waals surface area contributed by atoms with Crippen molar-refractivity contribution in [2.45, 2.75) is 25.8 Å². The molecule has 0 amide bonds. The number of hydrogen-bond donors (Lipinski definition) is 1. The summed E-state index contributed by atoms with van der Waals surface area (Å²) in [5, 5.41) is 5.30. The number of pyridine rings is 1. The van der Waals surface area contributed by atoms with Crippen molar-refractivity contribution in [3.63, 3.8) is 0 Å². The van der Waals surface area contributed by atoms with Crippen molar-refractivity contribution < 1.29 is 9.13 Å². The first-order valence-corrected chi connectivity index (χ1v) is 8.43. The highest BCUT2D eigenvalue weighted by atomic mass is 19.1. The normalized spacial score (nSPS) is 25.6. The first kappa shape index (κ1) is 14.2. The van der Waals surface area contributed by atoms with Gasteiger partial charge in [0.2, 0.25) is 0 Å². The van der Waals surface area contributed by atoms with E-state index in [1.54, 1.807) is 6.20 Å². The molecule has 1 aliphatic carbocycles. The fourth-order valence-corrected chi connectivity index (χ4v) is 4.00. The van der Waals surface area contributed by atoms with Gasteiger partial charge in [0, 0.05) is 35.6 Å². The van der Waals surface area contributed by atoms with E-state index in [2.05, 4.69) is 34.6 Å². The molecule has 0 radical (unpaired) electrons. The van der Waals surface area contributed by atoms with E-state index >= 15 is 0 Å². The van der Waals surface area contributed by atoms with Crippen molar-refractivity contribution in [1.82, 2.24) is 19.7 Å². The summed E-state index contributed by atoms with van der Waals surface area (Å²) >= 11 is 0. The van der Waals surface area contributed by atoms with E-state index in [4.69, 9.17) is 9.84 Å². The minimum atomic E-state index is -0.281. The number of ether oxygens (including phenoxy) is 1. The fourth-order valence-electron chi connectivity index (χ4n) is 4.00. The molecule has 2 atom stereocenters. The number of H-pyrrole nitrogens is 1. The van der Waals surface area contributed by atoms with Crippen LogP contribution in [0.15, 0.2) is 24.5 Å². The first-order chi connectivity index (χ1) is 11.6. The molecule has 2 fully saturated rings. The van der Waals surface area contributed by atoms with Crippen LogP contribution in [0.5, 0.6) is 0 Å². The van der Waals surface area contributed by atoms with Gasteiger partial charge in [0.1, 0.15) is 11.5 Å². The summed E-state index contributed by atoms with van der Waals surface area (Å²) < 4.78 is 21.5. The third kappa shape index (κ3) is 1.95. The molecule has 24 heavy (non-hydrogen) atoms. The highest BCUT2D eigenvalue weighted by Gasteiger charge is 2.56. The highest BCUT2D eigenvalue weighted by molar-refractivity contribution is 5.81. The van der Waals surface area contributed by atoms with Crippen LogP contribution in [0.2, 0.25) is 0 Å². The van der Waals surface area contributed by atoms with Gasteiger partial charge in [0.05, 0.1) is 24.3 Å². The predicted molar refractivity (Wildman–Crippen MR) is 88.2 cm³/mol. The standard InChI is InChI=1S/C18H19FN4O/c1-9(2)23-16(17-12-7-24-8-13(12)17)4-15(22-23)10-3-11-14(19)6-21-18(11)20-5-10/h3-6,9,12-13,17H,7-8H2,1-2H3,(H,20,21). The molecule has 2 aliphatic rings. The summed E-state index contributed by atoms with van der Waals surface area (Å²) in [4.78, 5) is 7.15. The minimum Gasteiger partial charge on any atom is -0.381 e. The summed E-state index contributed by atoms with van der Waals surface area (Å²) in [5.41, 5.74) is 3.55. The number of rotatable bonds is 3. The van der Waals surface area contributed by atoms with Crippen LogP contribution in [0, 0.1) is 17.7 Å². The molecule has 0 aromatic carbocycles. The van der Waals surface area contributed by atoms with Gasteiger partial charge in [-0.25, -0.2) is 9.37 Å². The molecule has 2 unspecified atom stereocenters. The SMILES string of the molecule is CC(C)n1nc(-c2cnc3[nH]cc(F)c3c2)cc1C1C2COCC21. The van der Waals surface area contributed by atoms with E-state index in [9.17, 15) is 4.39 Å². The average molecular weight is 326 g/mol. The molecule has 1 saturated carbocycles. The summed E-state index contributed by atoms with van der Waals surface area (Å²) in [6.07, 6.45) is 3.09. The summed E-state index contributed by atoms with van der Waals surface area (Å²) in [5.74, 6) is 1.53. The van der Waals surface area contributed by atoms with Crippen LogP contribution >= 0.6 is 0 Å². The van der Waals surface area contributed by atoms with Crippen LogP contribution in [-0.2, 0) is 4.74 Å². The van der Waals surface area contributed by atoms with Gasteiger partial charge < -0.3 is 9.72 Å². The van der Waals surface area contributed by atoms with Gasteiger partial charge in [-0.2, -0.15) is 5.10 Å². The van der Waals surface area contributed by atoms with Crippen LogP contribution in [0.25, 0.3) is 22.3 Å². The summed E-state index contributed by atoms with van der Waals surface area (Å²) in [6.45, 7) is 6.00. The van der Waals surface area contributed by atoms with Gasteiger partial charge in [-0.15, -0.1) is 0 Å². The summed E-state index contributed by atoms with van der Waals surface area (Å²) in [6, 6.07) is 4.26. The lowest BCUT2D eigenvalue weighted by Gasteiger charge is -2.12. The second kappa shape index (κ2) is 4.89. The van der Waals surface area contributed by atoms with E-state index in [1.165, 1.54) is 11.9 Å². The Hall–Kier alpha value is -2.21. The van der Waals surface area contributed by atoms with Crippen LogP contribution in [-0.4, -0.2) is 33.0 Å². The maximum Gasteiger partial charge on any atom is 0.150 e. The summed E-state index contributed by atoms with van der Waals surface area (Å²) in [7, 11) is 0. The molecular weight excluding hydrogens is 307 g/mol. The number of aromatic nitrogens is 4. The Morgan fingerprint density at radius 3 is 2.83 bits per heavy atom. The molecule has 1 saturated heterocycles. The topological polar surface area (TPSA) is 55.7 Å². The van der Waals surface area contributed by atoms with Crippen molar-refractivity contribution in [3.05, 3.63) is 36.0 Å². The Labute approximate surface area is 138 Å². The van der Waals surface area contributed by atoms with Gasteiger partial charge >= 0.3 is 0 Å². The number of aromatic amines is 1. The molecular formula is C18H19FN4O. The minimum absolute atomic E-state index is 0.281. The zero-order valence-electron chi connectivity index (χ0n) is 13.7. The van der Waals surface area contributed by atoms with Gasteiger partial charge in [0.25, 0.3) is 0 Å². The van der Waals surface area contributed by atoms with Crippen LogP contribution in [0.3, 0.4) is 0 Å². The maximum absolute atomic E-state index is 13.8. The Balaban J connectivity index is 1.58. The molecule has 0 spiro atoms. The Kier molecular flexibility index (Phi) is 2.89. The highest BCUT2D eigenvalue weighted by Crippen LogP contribution is 2.58. The fraction of sp³-hybridized carbons (Fsp3) is 0.444. The average Bonchev–Trinajstić information content (AvgIpc) is 3.02. The van der Waals surface area contributed by atoms with Crippen LogP contribution in [0.1, 0.15) is 31.5 Å². The molecule has 5 nitrogen and oxygen atoms in total. The van der Waals surface area contributed by atoms with Crippen molar-refractivity contribution in [1.29, 1.82) is 0 Å². The number of nitrogens with zero attached hydrogens (tertiary/aromatic N) is 3.